The summed E-state index contributed by atoms with van der Waals surface area (Å²) in [6.07, 6.45) is 0. The molecule has 0 saturated carbocycles. The van der Waals surface area contributed by atoms with Gasteiger partial charge in [-0.3, -0.25) is 4.79 Å². The number of benzene rings is 1. The van der Waals surface area contributed by atoms with E-state index in [4.69, 9.17) is 5.73 Å². The number of rotatable bonds is 1. The van der Waals surface area contributed by atoms with Crippen LogP contribution in [-0.2, 0) is 0 Å². The summed E-state index contributed by atoms with van der Waals surface area (Å²) in [5.74, 6) is -0.354. The molecule has 76 valence electrons. The summed E-state index contributed by atoms with van der Waals surface area (Å²) < 4.78 is 1.10. The van der Waals surface area contributed by atoms with Crippen LogP contribution in [0.5, 0.6) is 0 Å². The van der Waals surface area contributed by atoms with Crippen LogP contribution in [0.1, 0.15) is 10.4 Å². The molecule has 0 radical (unpaired) electrons. The molecular formula is C9H9Cl2NOS. The number of primary amides is 1. The molecule has 0 fully saturated rings. The van der Waals surface area contributed by atoms with Crippen molar-refractivity contribution in [1.82, 2.24) is 0 Å². The van der Waals surface area contributed by atoms with E-state index < -0.39 is 0 Å². The molecule has 0 saturated heterocycles. The van der Waals surface area contributed by atoms with Crippen LogP contribution < -0.4 is 5.73 Å². The molecule has 0 aliphatic rings. The summed E-state index contributed by atoms with van der Waals surface area (Å²) in [5.41, 5.74) is 5.81. The van der Waals surface area contributed by atoms with Gasteiger partial charge in [-0.15, -0.1) is 36.2 Å². The monoisotopic (exact) mass is 249 g/mol. The summed E-state index contributed by atoms with van der Waals surface area (Å²) >= 11 is 1.54. The van der Waals surface area contributed by atoms with Crippen molar-refractivity contribution in [3.05, 3.63) is 35.2 Å². The molecule has 0 aliphatic heterocycles. The van der Waals surface area contributed by atoms with Crippen molar-refractivity contribution in [2.75, 3.05) is 0 Å². The number of halogens is 2. The quantitative estimate of drug-likeness (QED) is 0.830. The lowest BCUT2D eigenvalue weighted by Crippen LogP contribution is -2.09. The van der Waals surface area contributed by atoms with Crippen molar-refractivity contribution in [2.24, 2.45) is 5.73 Å². The fraction of sp³-hybridized carbons (Fsp3) is 0. The minimum absolute atomic E-state index is 0. The van der Waals surface area contributed by atoms with Gasteiger partial charge in [0.05, 0.1) is 5.56 Å². The summed E-state index contributed by atoms with van der Waals surface area (Å²) in [5, 5.41) is 2.75. The molecule has 0 atom stereocenters. The normalized spacial score (nSPS) is 8.86. The van der Waals surface area contributed by atoms with Crippen LogP contribution in [0.2, 0.25) is 0 Å². The smallest absolute Gasteiger partial charge is 0.250 e. The van der Waals surface area contributed by atoms with E-state index in [-0.39, 0.29) is 30.7 Å². The van der Waals surface area contributed by atoms with Crippen molar-refractivity contribution >= 4 is 52.1 Å². The maximum atomic E-state index is 10.9. The van der Waals surface area contributed by atoms with Gasteiger partial charge in [0.15, 0.2) is 0 Å². The predicted molar refractivity (Wildman–Crippen MR) is 64.8 cm³/mol. The molecule has 2 nitrogen and oxygen atoms in total. The third kappa shape index (κ3) is 2.18. The molecule has 1 aromatic heterocycles. The Morgan fingerprint density at radius 1 is 1.21 bits per heavy atom. The van der Waals surface area contributed by atoms with Gasteiger partial charge in [0.1, 0.15) is 0 Å². The zero-order valence-corrected chi connectivity index (χ0v) is 9.55. The fourth-order valence-corrected chi connectivity index (χ4v) is 2.12. The molecular weight excluding hydrogens is 241 g/mol. The number of carbonyl (C=O) groups excluding carboxylic acids is 1. The predicted octanol–water partition coefficient (Wildman–Crippen LogP) is 2.84. The first-order chi connectivity index (χ1) is 5.79. The Morgan fingerprint density at radius 3 is 2.50 bits per heavy atom. The molecule has 0 bridgehead atoms. The Morgan fingerprint density at radius 2 is 1.86 bits per heavy atom. The SMILES string of the molecule is Cl.Cl.NC(=O)c1csc2ccccc12. The van der Waals surface area contributed by atoms with E-state index in [1.165, 1.54) is 0 Å². The van der Waals surface area contributed by atoms with Crippen LogP contribution in [-0.4, -0.2) is 5.91 Å². The van der Waals surface area contributed by atoms with Gasteiger partial charge in [-0.2, -0.15) is 0 Å². The molecule has 2 aromatic rings. The lowest BCUT2D eigenvalue weighted by molar-refractivity contribution is 0.100. The highest BCUT2D eigenvalue weighted by Crippen LogP contribution is 2.24. The Kier molecular flexibility index (Phi) is 4.91. The van der Waals surface area contributed by atoms with E-state index in [2.05, 4.69) is 0 Å². The summed E-state index contributed by atoms with van der Waals surface area (Å²) in [7, 11) is 0. The van der Waals surface area contributed by atoms with Gasteiger partial charge in [0.2, 0.25) is 5.91 Å². The standard InChI is InChI=1S/C9H7NOS.2ClH/c10-9(11)7-5-12-8-4-2-1-3-6(7)8;;/h1-5H,(H2,10,11);2*1H. The molecule has 1 amide bonds. The third-order valence-electron chi connectivity index (χ3n) is 1.75. The molecule has 1 aromatic carbocycles. The van der Waals surface area contributed by atoms with Crippen molar-refractivity contribution < 1.29 is 4.79 Å². The van der Waals surface area contributed by atoms with Gasteiger partial charge < -0.3 is 5.73 Å². The first kappa shape index (κ1) is 13.2. The largest absolute Gasteiger partial charge is 0.366 e. The number of hydrogen-bond acceptors (Lipinski definition) is 2. The average Bonchev–Trinajstić information content (AvgIpc) is 2.47. The van der Waals surface area contributed by atoms with Gasteiger partial charge in [-0.1, -0.05) is 18.2 Å². The Hall–Kier alpha value is -0.770. The number of fused-ring (bicyclic) bond motifs is 1. The zero-order valence-electron chi connectivity index (χ0n) is 7.10. The van der Waals surface area contributed by atoms with Crippen LogP contribution in [0, 0.1) is 0 Å². The summed E-state index contributed by atoms with van der Waals surface area (Å²) in [4.78, 5) is 10.9. The topological polar surface area (TPSA) is 43.1 Å². The van der Waals surface area contributed by atoms with E-state index in [0.29, 0.717) is 5.56 Å². The molecule has 2 N–H and O–H groups in total. The molecule has 0 aliphatic carbocycles. The number of amides is 1. The van der Waals surface area contributed by atoms with E-state index in [9.17, 15) is 4.79 Å². The first-order valence-electron chi connectivity index (χ1n) is 3.55. The van der Waals surface area contributed by atoms with E-state index >= 15 is 0 Å². The van der Waals surface area contributed by atoms with E-state index in [0.717, 1.165) is 10.1 Å². The lowest BCUT2D eigenvalue weighted by Gasteiger charge is -1.90. The number of hydrogen-bond donors (Lipinski definition) is 1. The first-order valence-corrected chi connectivity index (χ1v) is 4.43. The third-order valence-corrected chi connectivity index (χ3v) is 2.71. The van der Waals surface area contributed by atoms with Crippen LogP contribution >= 0.6 is 36.2 Å². The Labute approximate surface area is 97.9 Å². The number of thiophene rings is 1. The van der Waals surface area contributed by atoms with E-state index in [1.54, 1.807) is 16.7 Å². The Bertz CT molecular complexity index is 441. The van der Waals surface area contributed by atoms with Crippen molar-refractivity contribution in [3.63, 3.8) is 0 Å². The molecule has 5 heteroatoms. The highest BCUT2D eigenvalue weighted by molar-refractivity contribution is 7.17. The van der Waals surface area contributed by atoms with Crippen molar-refractivity contribution in [2.45, 2.75) is 0 Å². The zero-order chi connectivity index (χ0) is 8.55. The number of carbonyl (C=O) groups is 1. The van der Waals surface area contributed by atoms with E-state index in [1.807, 2.05) is 24.3 Å². The molecule has 0 unspecified atom stereocenters. The maximum Gasteiger partial charge on any atom is 0.250 e. The second-order valence-corrected chi connectivity index (χ2v) is 3.42. The molecule has 0 spiro atoms. The van der Waals surface area contributed by atoms with Crippen LogP contribution in [0.25, 0.3) is 10.1 Å². The lowest BCUT2D eigenvalue weighted by atomic mass is 10.2. The van der Waals surface area contributed by atoms with Crippen LogP contribution in [0.3, 0.4) is 0 Å². The number of nitrogens with two attached hydrogens (primary N) is 1. The molecule has 14 heavy (non-hydrogen) atoms. The summed E-state index contributed by atoms with van der Waals surface area (Å²) in [6.45, 7) is 0. The molecule has 1 heterocycles. The molecule has 2 rings (SSSR count). The second kappa shape index (κ2) is 5.20. The maximum absolute atomic E-state index is 10.9. The van der Waals surface area contributed by atoms with Gasteiger partial charge in [-0.25, -0.2) is 0 Å². The fourth-order valence-electron chi connectivity index (χ4n) is 1.17. The highest BCUT2D eigenvalue weighted by atomic mass is 35.5. The summed E-state index contributed by atoms with van der Waals surface area (Å²) in [6, 6.07) is 7.74. The van der Waals surface area contributed by atoms with Gasteiger partial charge in [-0.05, 0) is 6.07 Å². The average molecular weight is 250 g/mol. The van der Waals surface area contributed by atoms with Gasteiger partial charge in [0.25, 0.3) is 0 Å². The minimum Gasteiger partial charge on any atom is -0.366 e. The van der Waals surface area contributed by atoms with Crippen LogP contribution in [0.4, 0.5) is 0 Å². The van der Waals surface area contributed by atoms with Gasteiger partial charge in [0, 0.05) is 15.5 Å². The van der Waals surface area contributed by atoms with Crippen molar-refractivity contribution in [1.29, 1.82) is 0 Å². The van der Waals surface area contributed by atoms with Gasteiger partial charge >= 0.3 is 0 Å². The Balaban J connectivity index is 0.000000845. The second-order valence-electron chi connectivity index (χ2n) is 2.51. The van der Waals surface area contributed by atoms with Crippen molar-refractivity contribution in [3.8, 4) is 0 Å². The minimum atomic E-state index is -0.354. The highest BCUT2D eigenvalue weighted by Gasteiger charge is 2.06. The van der Waals surface area contributed by atoms with Crippen LogP contribution in [0.15, 0.2) is 29.6 Å².